The largest absolute Gasteiger partial charge is 0.481 e. The third kappa shape index (κ3) is 4.90. The van der Waals surface area contributed by atoms with Crippen molar-refractivity contribution >= 4 is 17.5 Å². The Hall–Kier alpha value is -1.26. The van der Waals surface area contributed by atoms with Crippen molar-refractivity contribution in [2.75, 3.05) is 6.61 Å². The Morgan fingerprint density at radius 3 is 2.52 bits per heavy atom. The van der Waals surface area contributed by atoms with Crippen LogP contribution in [0.1, 0.15) is 32.6 Å². The van der Waals surface area contributed by atoms with Crippen molar-refractivity contribution in [3.63, 3.8) is 0 Å². The molecule has 1 aliphatic rings. The van der Waals surface area contributed by atoms with Crippen LogP contribution in [0.25, 0.3) is 0 Å². The maximum absolute atomic E-state index is 12.1. The number of amides is 1. The number of hydrogen-bond acceptors (Lipinski definition) is 3. The first-order valence-electron chi connectivity index (χ1n) is 7.42. The van der Waals surface area contributed by atoms with Crippen LogP contribution in [-0.4, -0.2) is 29.8 Å². The van der Waals surface area contributed by atoms with Crippen molar-refractivity contribution < 1.29 is 14.6 Å². The summed E-state index contributed by atoms with van der Waals surface area (Å²) in [5.41, 5.74) is 0. The Bertz CT molecular complexity index is 455. The van der Waals surface area contributed by atoms with Gasteiger partial charge in [0.05, 0.1) is 0 Å². The molecule has 5 heteroatoms. The average molecular weight is 312 g/mol. The van der Waals surface area contributed by atoms with E-state index in [1.165, 1.54) is 0 Å². The van der Waals surface area contributed by atoms with E-state index < -0.39 is 6.10 Å². The fourth-order valence-electron chi connectivity index (χ4n) is 2.58. The number of ether oxygens (including phenoxy) is 1. The lowest BCUT2D eigenvalue weighted by Crippen LogP contribution is -2.44. The van der Waals surface area contributed by atoms with Crippen LogP contribution in [0.4, 0.5) is 0 Å². The summed E-state index contributed by atoms with van der Waals surface area (Å²) in [6, 6.07) is 7.16. The van der Waals surface area contributed by atoms with Crippen molar-refractivity contribution in [1.82, 2.24) is 5.32 Å². The number of rotatable bonds is 5. The van der Waals surface area contributed by atoms with Gasteiger partial charge in [-0.15, -0.1) is 0 Å². The third-order valence-corrected chi connectivity index (χ3v) is 4.20. The van der Waals surface area contributed by atoms with Crippen LogP contribution < -0.4 is 10.1 Å². The molecule has 1 unspecified atom stereocenters. The second kappa shape index (κ2) is 7.66. The normalized spacial score (nSPS) is 23.4. The second-order valence-electron chi connectivity index (χ2n) is 5.62. The van der Waals surface area contributed by atoms with E-state index in [0.29, 0.717) is 16.7 Å². The molecule has 1 atom stereocenters. The summed E-state index contributed by atoms with van der Waals surface area (Å²) >= 11 is 5.81. The third-order valence-electron chi connectivity index (χ3n) is 3.95. The van der Waals surface area contributed by atoms with E-state index in [4.69, 9.17) is 21.4 Å². The van der Waals surface area contributed by atoms with Crippen LogP contribution >= 0.6 is 11.6 Å². The average Bonchev–Trinajstić information content (AvgIpc) is 2.50. The zero-order valence-corrected chi connectivity index (χ0v) is 13.0. The minimum Gasteiger partial charge on any atom is -0.481 e. The SMILES string of the molecule is CC(Oc1ccc(Cl)cc1)C(=O)NC1CCC(CO)CC1. The predicted molar refractivity (Wildman–Crippen MR) is 82.5 cm³/mol. The first-order chi connectivity index (χ1) is 10.1. The molecule has 0 bridgehead atoms. The second-order valence-corrected chi connectivity index (χ2v) is 6.06. The number of nitrogens with one attached hydrogen (secondary N) is 1. The van der Waals surface area contributed by atoms with Gasteiger partial charge in [-0.25, -0.2) is 0 Å². The number of halogens is 1. The van der Waals surface area contributed by atoms with E-state index in [1.54, 1.807) is 31.2 Å². The molecule has 21 heavy (non-hydrogen) atoms. The molecule has 1 aliphatic carbocycles. The monoisotopic (exact) mass is 311 g/mol. The summed E-state index contributed by atoms with van der Waals surface area (Å²) in [4.78, 5) is 12.1. The van der Waals surface area contributed by atoms with Crippen LogP contribution in [-0.2, 0) is 4.79 Å². The summed E-state index contributed by atoms with van der Waals surface area (Å²) in [6.07, 6.45) is 3.23. The first-order valence-corrected chi connectivity index (χ1v) is 7.79. The van der Waals surface area contributed by atoms with E-state index in [2.05, 4.69) is 5.32 Å². The zero-order valence-electron chi connectivity index (χ0n) is 12.2. The number of carbonyl (C=O) groups is 1. The Labute approximate surface area is 130 Å². The lowest BCUT2D eigenvalue weighted by molar-refractivity contribution is -0.128. The Morgan fingerprint density at radius 2 is 1.95 bits per heavy atom. The van der Waals surface area contributed by atoms with Crippen molar-refractivity contribution in [2.45, 2.75) is 44.8 Å². The van der Waals surface area contributed by atoms with Crippen LogP contribution in [0.2, 0.25) is 5.02 Å². The molecule has 1 fully saturated rings. The molecule has 0 heterocycles. The lowest BCUT2D eigenvalue weighted by Gasteiger charge is -2.28. The molecular weight excluding hydrogens is 290 g/mol. The van der Waals surface area contributed by atoms with Crippen LogP contribution in [0.3, 0.4) is 0 Å². The van der Waals surface area contributed by atoms with Gasteiger partial charge in [-0.05, 0) is 62.8 Å². The number of hydrogen-bond donors (Lipinski definition) is 2. The summed E-state index contributed by atoms with van der Waals surface area (Å²) in [5.74, 6) is 0.921. The molecule has 0 spiro atoms. The highest BCUT2D eigenvalue weighted by molar-refractivity contribution is 6.30. The van der Waals surface area contributed by atoms with Gasteiger partial charge in [-0.2, -0.15) is 0 Å². The molecule has 0 saturated heterocycles. The van der Waals surface area contributed by atoms with Gasteiger partial charge in [0.25, 0.3) is 5.91 Å². The zero-order chi connectivity index (χ0) is 15.2. The van der Waals surface area contributed by atoms with Gasteiger partial charge in [0.2, 0.25) is 0 Å². The van der Waals surface area contributed by atoms with Crippen molar-refractivity contribution in [1.29, 1.82) is 0 Å². The molecule has 1 amide bonds. The standard InChI is InChI=1S/C16H22ClNO3/c1-11(21-15-8-4-13(17)5-9-15)16(20)18-14-6-2-12(10-19)3-7-14/h4-5,8-9,11-12,14,19H,2-3,6-7,10H2,1H3,(H,18,20). The van der Waals surface area contributed by atoms with Crippen LogP contribution in [0.5, 0.6) is 5.75 Å². The van der Waals surface area contributed by atoms with Gasteiger partial charge < -0.3 is 15.2 Å². The molecule has 0 aromatic heterocycles. The Balaban J connectivity index is 1.78. The highest BCUT2D eigenvalue weighted by Gasteiger charge is 2.24. The van der Waals surface area contributed by atoms with Gasteiger partial charge in [-0.3, -0.25) is 4.79 Å². The fraction of sp³-hybridized carbons (Fsp3) is 0.562. The van der Waals surface area contributed by atoms with Gasteiger partial charge >= 0.3 is 0 Å². The first kappa shape index (κ1) is 16.1. The Morgan fingerprint density at radius 1 is 1.33 bits per heavy atom. The quantitative estimate of drug-likeness (QED) is 0.879. The summed E-state index contributed by atoms with van der Waals surface area (Å²) in [5, 5.41) is 12.8. The maximum atomic E-state index is 12.1. The molecule has 1 aromatic carbocycles. The number of aliphatic hydroxyl groups excluding tert-OH is 1. The van der Waals surface area contributed by atoms with E-state index >= 15 is 0 Å². The lowest BCUT2D eigenvalue weighted by atomic mass is 9.86. The van der Waals surface area contributed by atoms with E-state index in [1.807, 2.05) is 0 Å². The van der Waals surface area contributed by atoms with Crippen molar-refractivity contribution in [3.05, 3.63) is 29.3 Å². The van der Waals surface area contributed by atoms with Crippen molar-refractivity contribution in [3.8, 4) is 5.75 Å². The smallest absolute Gasteiger partial charge is 0.260 e. The molecule has 1 aromatic rings. The van der Waals surface area contributed by atoms with Gasteiger partial charge in [-0.1, -0.05) is 11.6 Å². The predicted octanol–water partition coefficient (Wildman–Crippen LogP) is 2.77. The van der Waals surface area contributed by atoms with Gasteiger partial charge in [0.1, 0.15) is 5.75 Å². The minimum atomic E-state index is -0.540. The number of aliphatic hydroxyl groups is 1. The van der Waals surface area contributed by atoms with Crippen LogP contribution in [0.15, 0.2) is 24.3 Å². The fourth-order valence-corrected chi connectivity index (χ4v) is 2.70. The van der Waals surface area contributed by atoms with Gasteiger partial charge in [0.15, 0.2) is 6.10 Å². The molecule has 2 N–H and O–H groups in total. The maximum Gasteiger partial charge on any atom is 0.260 e. The number of carbonyl (C=O) groups excluding carboxylic acids is 1. The highest BCUT2D eigenvalue weighted by Crippen LogP contribution is 2.24. The molecule has 116 valence electrons. The molecule has 0 radical (unpaired) electrons. The number of benzene rings is 1. The molecule has 1 saturated carbocycles. The minimum absolute atomic E-state index is 0.0996. The van der Waals surface area contributed by atoms with E-state index in [0.717, 1.165) is 25.7 Å². The molecular formula is C16H22ClNO3. The molecule has 0 aliphatic heterocycles. The summed E-state index contributed by atoms with van der Waals surface area (Å²) in [6.45, 7) is 1.99. The van der Waals surface area contributed by atoms with Gasteiger partial charge in [0, 0.05) is 17.7 Å². The van der Waals surface area contributed by atoms with Crippen LogP contribution in [0, 0.1) is 5.92 Å². The topological polar surface area (TPSA) is 58.6 Å². The highest BCUT2D eigenvalue weighted by atomic mass is 35.5. The summed E-state index contributed by atoms with van der Waals surface area (Å²) < 4.78 is 5.60. The molecule has 4 nitrogen and oxygen atoms in total. The van der Waals surface area contributed by atoms with Crippen molar-refractivity contribution in [2.24, 2.45) is 5.92 Å². The Kier molecular flexibility index (Phi) is 5.88. The summed E-state index contributed by atoms with van der Waals surface area (Å²) in [7, 11) is 0. The molecule has 2 rings (SSSR count). The van der Waals surface area contributed by atoms with E-state index in [-0.39, 0.29) is 18.6 Å². The van der Waals surface area contributed by atoms with E-state index in [9.17, 15) is 4.79 Å².